The maximum atomic E-state index is 16.6. The zero-order valence-corrected chi connectivity index (χ0v) is 25.7. The summed E-state index contributed by atoms with van der Waals surface area (Å²) in [6.07, 6.45) is 4.38. The second-order valence-corrected chi connectivity index (χ2v) is 13.1. The van der Waals surface area contributed by atoms with Crippen LogP contribution in [0.4, 0.5) is 24.0 Å². The molecule has 45 heavy (non-hydrogen) atoms. The molecule has 3 aliphatic rings. The van der Waals surface area contributed by atoms with Crippen molar-refractivity contribution >= 4 is 43.1 Å². The molecule has 14 heteroatoms. The molecule has 3 aromatic heterocycles. The average molecular weight is 639 g/mol. The Kier molecular flexibility index (Phi) is 7.89. The first-order chi connectivity index (χ1) is 21.8. The number of pyridine rings is 1. The summed E-state index contributed by atoms with van der Waals surface area (Å²) in [5.41, 5.74) is 5.49. The van der Waals surface area contributed by atoms with Crippen molar-refractivity contribution in [2.75, 3.05) is 69.7 Å². The van der Waals surface area contributed by atoms with Gasteiger partial charge in [-0.1, -0.05) is 6.92 Å². The van der Waals surface area contributed by atoms with E-state index in [9.17, 15) is 14.0 Å². The quantitative estimate of drug-likeness (QED) is 0.286. The van der Waals surface area contributed by atoms with Gasteiger partial charge >= 0.3 is 6.01 Å². The van der Waals surface area contributed by atoms with Gasteiger partial charge in [0.1, 0.15) is 28.1 Å². The zero-order valence-electron chi connectivity index (χ0n) is 24.8. The Hall–Kier alpha value is -3.77. The molecule has 2 saturated heterocycles. The van der Waals surface area contributed by atoms with Gasteiger partial charge in [-0.15, -0.1) is 11.3 Å². The van der Waals surface area contributed by atoms with Crippen molar-refractivity contribution in [3.8, 4) is 23.3 Å². The van der Waals surface area contributed by atoms with Gasteiger partial charge in [-0.3, -0.25) is 9.88 Å². The lowest BCUT2D eigenvalue weighted by Gasteiger charge is -2.34. The molecule has 1 aliphatic carbocycles. The first kappa shape index (κ1) is 29.9. The summed E-state index contributed by atoms with van der Waals surface area (Å²) in [5, 5.41) is 13.6. The predicted molar refractivity (Wildman–Crippen MR) is 166 cm³/mol. The number of nitrogens with two attached hydrogens (primary N) is 1. The highest BCUT2D eigenvalue weighted by atomic mass is 32.1. The van der Waals surface area contributed by atoms with Crippen LogP contribution < -0.4 is 20.7 Å². The standard InChI is InChI=1S/C31H33F3N8O2S/c1-2-17-14-42(6-5-37-17)29-20-13-38-25(18-11-21(32)23(33)27-22(18)19(12-35)28(36)45-27)24(34)26(20)39-30(40-29)44-16-31(3-4-31)15-41-7-9-43-10-8-41/h11,13,17,37H,2-10,14-16,36H2,1H3/t17-/m0/s1. The van der Waals surface area contributed by atoms with E-state index in [4.69, 9.17) is 20.2 Å². The Morgan fingerprint density at radius 1 is 1.20 bits per heavy atom. The van der Waals surface area contributed by atoms with E-state index >= 15 is 4.39 Å². The highest BCUT2D eigenvalue weighted by Gasteiger charge is 2.45. The topological polar surface area (TPSA) is 125 Å². The van der Waals surface area contributed by atoms with Crippen molar-refractivity contribution in [1.82, 2.24) is 25.2 Å². The summed E-state index contributed by atoms with van der Waals surface area (Å²) in [4.78, 5) is 18.1. The number of morpholine rings is 1. The van der Waals surface area contributed by atoms with Gasteiger partial charge in [0, 0.05) is 67.9 Å². The van der Waals surface area contributed by atoms with Crippen LogP contribution in [0.2, 0.25) is 0 Å². The number of nitrogens with zero attached hydrogens (tertiary/aromatic N) is 6. The summed E-state index contributed by atoms with van der Waals surface area (Å²) in [6, 6.07) is 3.06. The minimum absolute atomic E-state index is 0.00927. The van der Waals surface area contributed by atoms with Crippen molar-refractivity contribution in [1.29, 1.82) is 5.26 Å². The van der Waals surface area contributed by atoms with Gasteiger partial charge < -0.3 is 25.4 Å². The monoisotopic (exact) mass is 638 g/mol. The normalized spacial score (nSPS) is 20.1. The number of nitrogens with one attached hydrogen (secondary N) is 1. The van der Waals surface area contributed by atoms with Gasteiger partial charge in [-0.25, -0.2) is 13.2 Å². The molecule has 0 bridgehead atoms. The molecule has 3 N–H and O–H groups in total. The van der Waals surface area contributed by atoms with Crippen molar-refractivity contribution in [3.63, 3.8) is 0 Å². The smallest absolute Gasteiger partial charge is 0.319 e. The van der Waals surface area contributed by atoms with Crippen LogP contribution in [0.3, 0.4) is 0 Å². The Balaban J connectivity index is 1.32. The van der Waals surface area contributed by atoms with Gasteiger partial charge in [-0.05, 0) is 25.3 Å². The molecule has 0 unspecified atom stereocenters. The van der Waals surface area contributed by atoms with E-state index < -0.39 is 17.5 Å². The number of aromatic nitrogens is 3. The first-order valence-corrected chi connectivity index (χ1v) is 16.0. The van der Waals surface area contributed by atoms with Crippen molar-refractivity contribution in [2.45, 2.75) is 32.2 Å². The molecular weight excluding hydrogens is 605 g/mol. The minimum Gasteiger partial charge on any atom is -0.463 e. The molecule has 0 radical (unpaired) electrons. The lowest BCUT2D eigenvalue weighted by atomic mass is 10.0. The fraction of sp³-hybridized carbons (Fsp3) is 0.484. The molecule has 7 rings (SSSR count). The summed E-state index contributed by atoms with van der Waals surface area (Å²) in [6.45, 7) is 8.55. The highest BCUT2D eigenvalue weighted by molar-refractivity contribution is 7.23. The number of piperazine rings is 1. The number of rotatable bonds is 8. The van der Waals surface area contributed by atoms with Crippen molar-refractivity contribution in [2.24, 2.45) is 5.41 Å². The van der Waals surface area contributed by atoms with Crippen LogP contribution in [0.5, 0.6) is 6.01 Å². The van der Waals surface area contributed by atoms with E-state index in [0.717, 1.165) is 62.8 Å². The molecule has 1 saturated carbocycles. The molecule has 4 aromatic rings. The van der Waals surface area contributed by atoms with E-state index in [1.165, 1.54) is 6.20 Å². The van der Waals surface area contributed by atoms with E-state index in [-0.39, 0.29) is 54.9 Å². The van der Waals surface area contributed by atoms with Crippen LogP contribution in [0, 0.1) is 34.2 Å². The Morgan fingerprint density at radius 3 is 2.73 bits per heavy atom. The number of ether oxygens (including phenoxy) is 2. The molecular formula is C31H33F3N8O2S. The lowest BCUT2D eigenvalue weighted by Crippen LogP contribution is -2.50. The molecule has 5 heterocycles. The van der Waals surface area contributed by atoms with E-state index in [1.54, 1.807) is 0 Å². The number of hydrogen-bond donors (Lipinski definition) is 2. The fourth-order valence-electron chi connectivity index (χ4n) is 6.31. The Labute approximate surface area is 261 Å². The summed E-state index contributed by atoms with van der Waals surface area (Å²) in [7, 11) is 0. The SMILES string of the molecule is CC[C@H]1CN(c2nc(OCC3(CN4CCOCC4)CC3)nc3c(F)c(-c4cc(F)c(F)c5sc(N)c(C#N)c45)ncc23)CCN1. The number of benzene rings is 1. The molecule has 0 amide bonds. The Morgan fingerprint density at radius 2 is 2.00 bits per heavy atom. The van der Waals surface area contributed by atoms with Crippen molar-refractivity contribution < 1.29 is 22.6 Å². The third kappa shape index (κ3) is 5.52. The van der Waals surface area contributed by atoms with Gasteiger partial charge in [0.15, 0.2) is 17.5 Å². The average Bonchev–Trinajstić information content (AvgIpc) is 3.74. The van der Waals surface area contributed by atoms with Crippen LogP contribution in [-0.2, 0) is 4.74 Å². The first-order valence-electron chi connectivity index (χ1n) is 15.2. The van der Waals surface area contributed by atoms with Crippen LogP contribution >= 0.6 is 11.3 Å². The molecule has 236 valence electrons. The molecule has 2 aliphatic heterocycles. The van der Waals surface area contributed by atoms with Crippen LogP contribution in [-0.4, -0.2) is 85.0 Å². The lowest BCUT2D eigenvalue weighted by molar-refractivity contribution is 0.0231. The number of thiophene rings is 1. The zero-order chi connectivity index (χ0) is 31.3. The molecule has 3 fully saturated rings. The summed E-state index contributed by atoms with van der Waals surface area (Å²) >= 11 is 0.737. The number of hydrogen-bond acceptors (Lipinski definition) is 11. The Bertz CT molecular complexity index is 1820. The molecule has 1 aromatic carbocycles. The summed E-state index contributed by atoms with van der Waals surface area (Å²) < 4.78 is 57.8. The maximum Gasteiger partial charge on any atom is 0.319 e. The molecule has 0 spiro atoms. The van der Waals surface area contributed by atoms with Gasteiger partial charge in [0.2, 0.25) is 0 Å². The van der Waals surface area contributed by atoms with Crippen LogP contribution in [0.25, 0.3) is 32.2 Å². The van der Waals surface area contributed by atoms with E-state index in [2.05, 4.69) is 32.0 Å². The van der Waals surface area contributed by atoms with Gasteiger partial charge in [0.05, 0.1) is 35.5 Å². The third-order valence-electron chi connectivity index (χ3n) is 9.07. The second-order valence-electron chi connectivity index (χ2n) is 12.1. The molecule has 1 atom stereocenters. The predicted octanol–water partition coefficient (Wildman–Crippen LogP) is 4.46. The highest BCUT2D eigenvalue weighted by Crippen LogP contribution is 2.47. The number of anilines is 2. The third-order valence-corrected chi connectivity index (χ3v) is 10.1. The summed E-state index contributed by atoms with van der Waals surface area (Å²) in [5.74, 6) is -2.69. The van der Waals surface area contributed by atoms with Gasteiger partial charge in [-0.2, -0.15) is 15.2 Å². The largest absolute Gasteiger partial charge is 0.463 e. The number of nitriles is 1. The van der Waals surface area contributed by atoms with Crippen molar-refractivity contribution in [3.05, 3.63) is 35.3 Å². The minimum atomic E-state index is -1.20. The van der Waals surface area contributed by atoms with Gasteiger partial charge in [0.25, 0.3) is 0 Å². The maximum absolute atomic E-state index is 16.6. The van der Waals surface area contributed by atoms with Crippen LogP contribution in [0.1, 0.15) is 31.7 Å². The number of nitrogen functional groups attached to an aromatic ring is 1. The number of fused-ring (bicyclic) bond motifs is 2. The molecule has 10 nitrogen and oxygen atoms in total. The van der Waals surface area contributed by atoms with Crippen LogP contribution in [0.15, 0.2) is 12.3 Å². The second kappa shape index (κ2) is 11.9. The van der Waals surface area contributed by atoms with E-state index in [0.29, 0.717) is 44.1 Å². The van der Waals surface area contributed by atoms with E-state index in [1.807, 2.05) is 6.07 Å². The fourth-order valence-corrected chi connectivity index (χ4v) is 7.28. The number of halogens is 3.